The summed E-state index contributed by atoms with van der Waals surface area (Å²) in [5.74, 6) is 0. The van der Waals surface area contributed by atoms with Crippen LogP contribution in [0.25, 0.3) is 0 Å². The zero-order valence-electron chi connectivity index (χ0n) is 16.6. The third-order valence-electron chi connectivity index (χ3n) is 4.99. The van der Waals surface area contributed by atoms with Crippen LogP contribution in [0.5, 0.6) is 0 Å². The first-order valence-electron chi connectivity index (χ1n) is 9.72. The number of allylic oxidation sites excluding steroid dienone is 1. The first-order chi connectivity index (χ1) is 12.5. The molecule has 2 aromatic rings. The normalized spacial score (nSPS) is 15.0. The number of hydrogen-bond acceptors (Lipinski definition) is 2. The van der Waals surface area contributed by atoms with Crippen molar-refractivity contribution in [2.24, 2.45) is 0 Å². The lowest BCUT2D eigenvalue weighted by molar-refractivity contribution is 0.137. The first-order valence-corrected chi connectivity index (χ1v) is 9.72. The Morgan fingerprint density at radius 2 is 1.65 bits per heavy atom. The van der Waals surface area contributed by atoms with E-state index in [-0.39, 0.29) is 5.54 Å². The van der Waals surface area contributed by atoms with Gasteiger partial charge in [0, 0.05) is 17.6 Å². The van der Waals surface area contributed by atoms with E-state index in [4.69, 9.17) is 0 Å². The molecule has 2 heteroatoms. The largest absolute Gasteiger partial charge is 0.388 e. The summed E-state index contributed by atoms with van der Waals surface area (Å²) < 4.78 is 0. The molecule has 140 valence electrons. The Bertz CT molecular complexity index is 687. The molecule has 0 spiro atoms. The van der Waals surface area contributed by atoms with Gasteiger partial charge in [-0.05, 0) is 61.9 Å². The second-order valence-electron chi connectivity index (χ2n) is 7.35. The third-order valence-corrected chi connectivity index (χ3v) is 4.99. The molecule has 2 rings (SSSR count). The SMILES string of the molecule is CC/C=C/CC(CC)(C[C@@H](O)c1ccccc1)Nc1cc(C)cc(C)c1. The lowest BCUT2D eigenvalue weighted by atomic mass is 9.83. The van der Waals surface area contributed by atoms with Crippen LogP contribution in [0.3, 0.4) is 0 Å². The van der Waals surface area contributed by atoms with Crippen molar-refractivity contribution >= 4 is 5.69 Å². The monoisotopic (exact) mass is 351 g/mol. The summed E-state index contributed by atoms with van der Waals surface area (Å²) >= 11 is 0. The number of aryl methyl sites for hydroxylation is 2. The smallest absolute Gasteiger partial charge is 0.0812 e. The molecule has 0 aliphatic rings. The molecule has 0 heterocycles. The molecule has 2 nitrogen and oxygen atoms in total. The lowest BCUT2D eigenvalue weighted by Gasteiger charge is -2.36. The third kappa shape index (κ3) is 5.74. The Morgan fingerprint density at radius 1 is 1.00 bits per heavy atom. The zero-order valence-corrected chi connectivity index (χ0v) is 16.6. The van der Waals surface area contributed by atoms with Crippen LogP contribution < -0.4 is 5.32 Å². The van der Waals surface area contributed by atoms with Crippen LogP contribution in [0.15, 0.2) is 60.7 Å². The van der Waals surface area contributed by atoms with Gasteiger partial charge in [0.15, 0.2) is 0 Å². The van der Waals surface area contributed by atoms with Crippen LogP contribution in [-0.4, -0.2) is 10.6 Å². The lowest BCUT2D eigenvalue weighted by Crippen LogP contribution is -2.39. The molecule has 2 atom stereocenters. The fourth-order valence-corrected chi connectivity index (χ4v) is 3.55. The molecular formula is C24H33NO. The highest BCUT2D eigenvalue weighted by molar-refractivity contribution is 5.50. The number of rotatable bonds is 9. The van der Waals surface area contributed by atoms with Crippen LogP contribution in [0, 0.1) is 13.8 Å². The van der Waals surface area contributed by atoms with Crippen LogP contribution in [0.2, 0.25) is 0 Å². The number of aliphatic hydroxyl groups excluding tert-OH is 1. The molecule has 0 aliphatic carbocycles. The highest BCUT2D eigenvalue weighted by atomic mass is 16.3. The van der Waals surface area contributed by atoms with Gasteiger partial charge in [0.2, 0.25) is 0 Å². The minimum Gasteiger partial charge on any atom is -0.388 e. The van der Waals surface area contributed by atoms with E-state index in [1.165, 1.54) is 11.1 Å². The van der Waals surface area contributed by atoms with E-state index < -0.39 is 6.10 Å². The average Bonchev–Trinajstić information content (AvgIpc) is 2.61. The predicted molar refractivity (Wildman–Crippen MR) is 113 cm³/mol. The first kappa shape index (κ1) is 20.3. The summed E-state index contributed by atoms with van der Waals surface area (Å²) in [6.45, 7) is 8.61. The molecule has 0 saturated heterocycles. The molecule has 0 aliphatic heterocycles. The molecule has 2 N–H and O–H groups in total. The Morgan fingerprint density at radius 3 is 2.23 bits per heavy atom. The van der Waals surface area contributed by atoms with E-state index in [0.29, 0.717) is 6.42 Å². The van der Waals surface area contributed by atoms with Crippen LogP contribution >= 0.6 is 0 Å². The highest BCUT2D eigenvalue weighted by Crippen LogP contribution is 2.33. The topological polar surface area (TPSA) is 32.3 Å². The van der Waals surface area contributed by atoms with E-state index in [0.717, 1.165) is 30.5 Å². The quantitative estimate of drug-likeness (QED) is 0.516. The van der Waals surface area contributed by atoms with Gasteiger partial charge < -0.3 is 10.4 Å². The van der Waals surface area contributed by atoms with Crippen molar-refractivity contribution in [1.82, 2.24) is 0 Å². The molecule has 0 bridgehead atoms. The molecule has 26 heavy (non-hydrogen) atoms. The second-order valence-corrected chi connectivity index (χ2v) is 7.35. The van der Waals surface area contributed by atoms with Gasteiger partial charge in [0.05, 0.1) is 6.10 Å². The van der Waals surface area contributed by atoms with Crippen molar-refractivity contribution in [3.8, 4) is 0 Å². The van der Waals surface area contributed by atoms with Crippen molar-refractivity contribution in [3.63, 3.8) is 0 Å². The van der Waals surface area contributed by atoms with Crippen molar-refractivity contribution in [2.45, 2.75) is 65.0 Å². The van der Waals surface area contributed by atoms with Crippen molar-refractivity contribution in [1.29, 1.82) is 0 Å². The number of benzene rings is 2. The fraction of sp³-hybridized carbons (Fsp3) is 0.417. The van der Waals surface area contributed by atoms with Crippen molar-refractivity contribution in [2.75, 3.05) is 5.32 Å². The summed E-state index contributed by atoms with van der Waals surface area (Å²) in [5.41, 5.74) is 4.44. The van der Waals surface area contributed by atoms with E-state index >= 15 is 0 Å². The van der Waals surface area contributed by atoms with Gasteiger partial charge in [-0.25, -0.2) is 0 Å². The van der Waals surface area contributed by atoms with E-state index in [1.807, 2.05) is 30.3 Å². The molecule has 0 aromatic heterocycles. The van der Waals surface area contributed by atoms with Gasteiger partial charge in [0.1, 0.15) is 0 Å². The Balaban J connectivity index is 2.29. The molecule has 0 amide bonds. The van der Waals surface area contributed by atoms with Crippen LogP contribution in [0.1, 0.15) is 62.3 Å². The maximum atomic E-state index is 10.9. The molecule has 1 unspecified atom stereocenters. The Kier molecular flexibility index (Phi) is 7.47. The minimum atomic E-state index is -0.482. The van der Waals surface area contributed by atoms with Gasteiger partial charge in [0.25, 0.3) is 0 Å². The summed E-state index contributed by atoms with van der Waals surface area (Å²) in [5, 5.41) is 14.6. The summed E-state index contributed by atoms with van der Waals surface area (Å²) in [7, 11) is 0. The average molecular weight is 352 g/mol. The van der Waals surface area contributed by atoms with Crippen LogP contribution in [-0.2, 0) is 0 Å². The van der Waals surface area contributed by atoms with Crippen molar-refractivity contribution < 1.29 is 5.11 Å². The highest BCUT2D eigenvalue weighted by Gasteiger charge is 2.30. The van der Waals surface area contributed by atoms with E-state index in [2.05, 4.69) is 63.4 Å². The van der Waals surface area contributed by atoms with E-state index in [1.54, 1.807) is 0 Å². The number of nitrogens with one attached hydrogen (secondary N) is 1. The number of aliphatic hydroxyl groups is 1. The maximum Gasteiger partial charge on any atom is 0.0812 e. The van der Waals surface area contributed by atoms with Gasteiger partial charge in [-0.2, -0.15) is 0 Å². The van der Waals surface area contributed by atoms with E-state index in [9.17, 15) is 5.11 Å². The van der Waals surface area contributed by atoms with Gasteiger partial charge in [-0.3, -0.25) is 0 Å². The molecule has 0 fully saturated rings. The Hall–Kier alpha value is -2.06. The van der Waals surface area contributed by atoms with Gasteiger partial charge in [-0.1, -0.05) is 62.4 Å². The molecular weight excluding hydrogens is 318 g/mol. The zero-order chi connectivity index (χ0) is 19.0. The molecule has 2 aromatic carbocycles. The summed E-state index contributed by atoms with van der Waals surface area (Å²) in [6, 6.07) is 16.5. The molecule has 0 saturated carbocycles. The number of anilines is 1. The minimum absolute atomic E-state index is 0.179. The molecule has 0 radical (unpaired) electrons. The predicted octanol–water partition coefficient (Wildman–Crippen LogP) is 6.34. The summed E-state index contributed by atoms with van der Waals surface area (Å²) in [4.78, 5) is 0. The second kappa shape index (κ2) is 9.59. The maximum absolute atomic E-state index is 10.9. The van der Waals surface area contributed by atoms with Crippen molar-refractivity contribution in [3.05, 3.63) is 77.4 Å². The van der Waals surface area contributed by atoms with Crippen LogP contribution in [0.4, 0.5) is 5.69 Å². The number of hydrogen-bond donors (Lipinski definition) is 2. The Labute approximate surface area is 159 Å². The van der Waals surface area contributed by atoms with Gasteiger partial charge in [-0.15, -0.1) is 0 Å². The standard InChI is InChI=1S/C24H33NO/c1-5-7-11-14-24(6-2,18-23(26)21-12-9-8-10-13-21)25-22-16-19(3)15-20(4)17-22/h7-13,15-17,23,25-26H,5-6,14,18H2,1-4H3/b11-7+/t23-,24?/m1/s1. The fourth-order valence-electron chi connectivity index (χ4n) is 3.55. The summed E-state index contributed by atoms with van der Waals surface area (Å²) in [6.07, 6.45) is 7.52. The van der Waals surface area contributed by atoms with Gasteiger partial charge >= 0.3 is 0 Å².